The van der Waals surface area contributed by atoms with Gasteiger partial charge in [-0.3, -0.25) is 4.79 Å². The summed E-state index contributed by atoms with van der Waals surface area (Å²) >= 11 is 0. The van der Waals surface area contributed by atoms with Gasteiger partial charge in [-0.1, -0.05) is 23.8 Å². The monoisotopic (exact) mass is 256 g/mol. The molecule has 0 aliphatic heterocycles. The zero-order chi connectivity index (χ0) is 13.8. The summed E-state index contributed by atoms with van der Waals surface area (Å²) < 4.78 is 5.07. The first kappa shape index (κ1) is 13.1. The standard InChI is InChI=1S/C15H16N2O2/c1-10-4-5-11(2)13(8-10)9-16-17-15(18)14-6-7-19-12(14)3/h4-9H,1-3H3,(H,17,18)/b16-9+. The average molecular weight is 256 g/mol. The summed E-state index contributed by atoms with van der Waals surface area (Å²) in [5, 5.41) is 3.97. The number of nitrogens with one attached hydrogen (secondary N) is 1. The van der Waals surface area contributed by atoms with Gasteiger partial charge in [-0.2, -0.15) is 5.10 Å². The lowest BCUT2D eigenvalue weighted by atomic mass is 10.1. The van der Waals surface area contributed by atoms with E-state index < -0.39 is 0 Å². The fourth-order valence-corrected chi connectivity index (χ4v) is 1.74. The lowest BCUT2D eigenvalue weighted by molar-refractivity contribution is 0.0953. The second-order valence-corrected chi connectivity index (χ2v) is 4.45. The van der Waals surface area contributed by atoms with Crippen LogP contribution in [0.5, 0.6) is 0 Å². The van der Waals surface area contributed by atoms with Gasteiger partial charge < -0.3 is 4.42 Å². The Balaban J connectivity index is 2.06. The SMILES string of the molecule is Cc1ccc(C)c(/C=N/NC(=O)c2ccoc2C)c1. The molecular weight excluding hydrogens is 240 g/mol. The number of hydrogen-bond acceptors (Lipinski definition) is 3. The molecule has 19 heavy (non-hydrogen) atoms. The lowest BCUT2D eigenvalue weighted by Gasteiger charge is -2.01. The molecule has 4 nitrogen and oxygen atoms in total. The minimum Gasteiger partial charge on any atom is -0.469 e. The molecule has 0 spiro atoms. The summed E-state index contributed by atoms with van der Waals surface area (Å²) in [4.78, 5) is 11.8. The van der Waals surface area contributed by atoms with Gasteiger partial charge in [0.25, 0.3) is 5.91 Å². The number of rotatable bonds is 3. The Morgan fingerprint density at radius 1 is 1.26 bits per heavy atom. The molecule has 1 aromatic heterocycles. The number of nitrogens with zero attached hydrogens (tertiary/aromatic N) is 1. The van der Waals surface area contributed by atoms with Crippen molar-refractivity contribution in [2.24, 2.45) is 5.10 Å². The molecule has 0 aliphatic carbocycles. The highest BCUT2D eigenvalue weighted by atomic mass is 16.3. The maximum absolute atomic E-state index is 11.8. The Labute approximate surface area is 112 Å². The van der Waals surface area contributed by atoms with Gasteiger partial charge in [-0.25, -0.2) is 5.43 Å². The van der Waals surface area contributed by atoms with Crippen molar-refractivity contribution < 1.29 is 9.21 Å². The van der Waals surface area contributed by atoms with Crippen molar-refractivity contribution in [3.05, 3.63) is 58.5 Å². The smallest absolute Gasteiger partial charge is 0.274 e. The van der Waals surface area contributed by atoms with Crippen LogP contribution in [-0.2, 0) is 0 Å². The molecule has 0 saturated carbocycles. The Hall–Kier alpha value is -2.36. The summed E-state index contributed by atoms with van der Waals surface area (Å²) in [7, 11) is 0. The van der Waals surface area contributed by atoms with E-state index in [0.29, 0.717) is 11.3 Å². The number of benzene rings is 1. The molecule has 4 heteroatoms. The number of hydrazone groups is 1. The second kappa shape index (κ2) is 5.52. The van der Waals surface area contributed by atoms with Gasteiger partial charge >= 0.3 is 0 Å². The zero-order valence-electron chi connectivity index (χ0n) is 11.2. The third-order valence-corrected chi connectivity index (χ3v) is 2.91. The molecule has 1 heterocycles. The summed E-state index contributed by atoms with van der Waals surface area (Å²) in [6.45, 7) is 5.76. The van der Waals surface area contributed by atoms with Gasteiger partial charge in [-0.05, 0) is 38.0 Å². The number of carbonyl (C=O) groups excluding carboxylic acids is 1. The van der Waals surface area contributed by atoms with Crippen LogP contribution in [0.25, 0.3) is 0 Å². The first-order chi connectivity index (χ1) is 9.08. The van der Waals surface area contributed by atoms with Crippen LogP contribution in [0.1, 0.15) is 32.8 Å². The van der Waals surface area contributed by atoms with Gasteiger partial charge in [0, 0.05) is 0 Å². The van der Waals surface area contributed by atoms with Crippen LogP contribution in [0.3, 0.4) is 0 Å². The predicted octanol–water partition coefficient (Wildman–Crippen LogP) is 2.97. The van der Waals surface area contributed by atoms with E-state index in [1.807, 2.05) is 32.0 Å². The van der Waals surface area contributed by atoms with Gasteiger partial charge in [-0.15, -0.1) is 0 Å². The fraction of sp³-hybridized carbons (Fsp3) is 0.200. The van der Waals surface area contributed by atoms with Crippen molar-refractivity contribution in [2.75, 3.05) is 0 Å². The van der Waals surface area contributed by atoms with Crippen molar-refractivity contribution in [1.82, 2.24) is 5.43 Å². The number of furan rings is 1. The molecule has 0 radical (unpaired) electrons. The van der Waals surface area contributed by atoms with E-state index in [4.69, 9.17) is 4.42 Å². The van der Waals surface area contributed by atoms with Gasteiger partial charge in [0.2, 0.25) is 0 Å². The summed E-state index contributed by atoms with van der Waals surface area (Å²) in [5.74, 6) is 0.312. The molecule has 0 bridgehead atoms. The Morgan fingerprint density at radius 3 is 2.74 bits per heavy atom. The normalized spacial score (nSPS) is 10.9. The molecule has 98 valence electrons. The van der Waals surface area contributed by atoms with Gasteiger partial charge in [0.05, 0.1) is 18.0 Å². The average Bonchev–Trinajstić information content (AvgIpc) is 2.80. The Kier molecular flexibility index (Phi) is 3.80. The molecule has 2 aromatic rings. The zero-order valence-corrected chi connectivity index (χ0v) is 11.2. The molecule has 2 rings (SSSR count). The van der Waals surface area contributed by atoms with E-state index in [0.717, 1.165) is 16.7 Å². The molecule has 1 aromatic carbocycles. The van der Waals surface area contributed by atoms with Gasteiger partial charge in [0.15, 0.2) is 0 Å². The highest BCUT2D eigenvalue weighted by Crippen LogP contribution is 2.09. The van der Waals surface area contributed by atoms with Crippen LogP contribution in [0.15, 0.2) is 40.0 Å². The van der Waals surface area contributed by atoms with E-state index in [1.165, 1.54) is 6.26 Å². The van der Waals surface area contributed by atoms with Crippen LogP contribution in [0, 0.1) is 20.8 Å². The predicted molar refractivity (Wildman–Crippen MR) is 74.4 cm³/mol. The molecule has 0 fully saturated rings. The number of hydrogen-bond donors (Lipinski definition) is 1. The minimum absolute atomic E-state index is 0.271. The summed E-state index contributed by atoms with van der Waals surface area (Å²) in [6.07, 6.45) is 3.13. The molecule has 1 N–H and O–H groups in total. The largest absolute Gasteiger partial charge is 0.469 e. The van der Waals surface area contributed by atoms with Crippen molar-refractivity contribution in [3.63, 3.8) is 0 Å². The fourth-order valence-electron chi connectivity index (χ4n) is 1.74. The van der Waals surface area contributed by atoms with E-state index >= 15 is 0 Å². The molecule has 0 aliphatic rings. The van der Waals surface area contributed by atoms with E-state index in [9.17, 15) is 4.79 Å². The number of amides is 1. The molecule has 0 saturated heterocycles. The quantitative estimate of drug-likeness (QED) is 0.678. The van der Waals surface area contributed by atoms with Gasteiger partial charge in [0.1, 0.15) is 5.76 Å². The van der Waals surface area contributed by atoms with E-state index in [1.54, 1.807) is 19.2 Å². The molecule has 1 amide bonds. The summed E-state index contributed by atoms with van der Waals surface area (Å²) in [5.41, 5.74) is 6.25. The maximum Gasteiger partial charge on any atom is 0.274 e. The van der Waals surface area contributed by atoms with Crippen molar-refractivity contribution in [2.45, 2.75) is 20.8 Å². The number of carbonyl (C=O) groups is 1. The lowest BCUT2D eigenvalue weighted by Crippen LogP contribution is -2.17. The topological polar surface area (TPSA) is 54.6 Å². The van der Waals surface area contributed by atoms with Crippen molar-refractivity contribution >= 4 is 12.1 Å². The van der Waals surface area contributed by atoms with Crippen molar-refractivity contribution in [3.8, 4) is 0 Å². The second-order valence-electron chi connectivity index (χ2n) is 4.45. The first-order valence-electron chi connectivity index (χ1n) is 6.02. The van der Waals surface area contributed by atoms with E-state index in [-0.39, 0.29) is 5.91 Å². The van der Waals surface area contributed by atoms with Crippen LogP contribution in [0.2, 0.25) is 0 Å². The van der Waals surface area contributed by atoms with Crippen LogP contribution in [0.4, 0.5) is 0 Å². The van der Waals surface area contributed by atoms with Crippen LogP contribution >= 0.6 is 0 Å². The van der Waals surface area contributed by atoms with E-state index in [2.05, 4.69) is 10.5 Å². The summed E-state index contributed by atoms with van der Waals surface area (Å²) in [6, 6.07) is 7.71. The highest BCUT2D eigenvalue weighted by Gasteiger charge is 2.09. The maximum atomic E-state index is 11.8. The van der Waals surface area contributed by atoms with Crippen LogP contribution < -0.4 is 5.43 Å². The minimum atomic E-state index is -0.271. The molecular formula is C15H16N2O2. The Bertz CT molecular complexity index is 627. The van der Waals surface area contributed by atoms with Crippen LogP contribution in [-0.4, -0.2) is 12.1 Å². The number of aryl methyl sites for hydroxylation is 3. The third kappa shape index (κ3) is 3.10. The Morgan fingerprint density at radius 2 is 2.05 bits per heavy atom. The van der Waals surface area contributed by atoms with Crippen molar-refractivity contribution in [1.29, 1.82) is 0 Å². The highest BCUT2D eigenvalue weighted by molar-refractivity contribution is 5.95. The molecule has 0 unspecified atom stereocenters. The molecule has 0 atom stereocenters. The third-order valence-electron chi connectivity index (χ3n) is 2.91. The first-order valence-corrected chi connectivity index (χ1v) is 6.02.